The Morgan fingerprint density at radius 1 is 1.36 bits per heavy atom. The first-order valence-electron chi connectivity index (χ1n) is 5.94. The van der Waals surface area contributed by atoms with Crippen LogP contribution >= 0.6 is 0 Å². The molecule has 0 aromatic heterocycles. The zero-order valence-corrected chi connectivity index (χ0v) is 10.3. The molecule has 1 fully saturated rings. The van der Waals surface area contributed by atoms with Crippen molar-refractivity contribution in [3.8, 4) is 0 Å². The largest absolute Gasteiger partial charge is 0.317 e. The Bertz CT molecular complexity index is 160. The van der Waals surface area contributed by atoms with Crippen LogP contribution in [-0.2, 0) is 0 Å². The second-order valence-electron chi connectivity index (χ2n) is 5.76. The topological polar surface area (TPSA) is 15.3 Å². The van der Waals surface area contributed by atoms with Gasteiger partial charge in [0.25, 0.3) is 0 Å². The van der Waals surface area contributed by atoms with Crippen LogP contribution in [0.1, 0.15) is 34.1 Å². The lowest BCUT2D eigenvalue weighted by Gasteiger charge is -2.26. The summed E-state index contributed by atoms with van der Waals surface area (Å²) in [7, 11) is 0. The lowest BCUT2D eigenvalue weighted by molar-refractivity contribution is 0.220. The predicted octanol–water partition coefficient (Wildman–Crippen LogP) is 1.96. The standard InChI is InChI=1S/C12H26N2/c1-5-13-8-11-6-7-14(9-11)10-12(2,3)4/h11,13H,5-10H2,1-4H3. The molecule has 0 saturated carbocycles. The quantitative estimate of drug-likeness (QED) is 0.743. The molecular formula is C12H26N2. The van der Waals surface area contributed by atoms with Crippen molar-refractivity contribution >= 4 is 0 Å². The maximum atomic E-state index is 3.45. The summed E-state index contributed by atoms with van der Waals surface area (Å²) in [4.78, 5) is 2.61. The Hall–Kier alpha value is -0.0800. The van der Waals surface area contributed by atoms with Gasteiger partial charge in [-0.2, -0.15) is 0 Å². The molecule has 0 spiro atoms. The van der Waals surface area contributed by atoms with Gasteiger partial charge in [-0.05, 0) is 37.4 Å². The molecule has 1 N–H and O–H groups in total. The van der Waals surface area contributed by atoms with Crippen molar-refractivity contribution in [3.63, 3.8) is 0 Å². The molecule has 84 valence electrons. The minimum absolute atomic E-state index is 0.451. The second-order valence-corrected chi connectivity index (χ2v) is 5.76. The van der Waals surface area contributed by atoms with E-state index in [1.54, 1.807) is 0 Å². The van der Waals surface area contributed by atoms with Gasteiger partial charge in [0.05, 0.1) is 0 Å². The van der Waals surface area contributed by atoms with E-state index in [1.807, 2.05) is 0 Å². The molecule has 14 heavy (non-hydrogen) atoms. The molecule has 0 radical (unpaired) electrons. The van der Waals surface area contributed by atoms with Gasteiger partial charge in [-0.3, -0.25) is 0 Å². The van der Waals surface area contributed by atoms with Crippen LogP contribution < -0.4 is 5.32 Å². The first kappa shape index (κ1) is 12.0. The highest BCUT2D eigenvalue weighted by molar-refractivity contribution is 4.80. The van der Waals surface area contributed by atoms with Crippen molar-refractivity contribution in [2.24, 2.45) is 11.3 Å². The fourth-order valence-electron chi connectivity index (χ4n) is 2.24. The molecule has 1 aliphatic rings. The molecule has 1 saturated heterocycles. The molecule has 1 unspecified atom stereocenters. The average molecular weight is 198 g/mol. The van der Waals surface area contributed by atoms with Gasteiger partial charge in [0.2, 0.25) is 0 Å². The van der Waals surface area contributed by atoms with Crippen molar-refractivity contribution in [2.75, 3.05) is 32.7 Å². The van der Waals surface area contributed by atoms with Crippen LogP contribution in [0.4, 0.5) is 0 Å². The van der Waals surface area contributed by atoms with Gasteiger partial charge in [0, 0.05) is 13.1 Å². The molecule has 0 bridgehead atoms. The van der Waals surface area contributed by atoms with Gasteiger partial charge in [0.15, 0.2) is 0 Å². The SMILES string of the molecule is CCNCC1CCN(CC(C)(C)C)C1. The van der Waals surface area contributed by atoms with E-state index in [4.69, 9.17) is 0 Å². The van der Waals surface area contributed by atoms with Crippen LogP contribution in [0.15, 0.2) is 0 Å². The lowest BCUT2D eigenvalue weighted by Crippen LogP contribution is -2.32. The highest BCUT2D eigenvalue weighted by atomic mass is 15.2. The van der Waals surface area contributed by atoms with E-state index in [0.29, 0.717) is 5.41 Å². The highest BCUT2D eigenvalue weighted by Gasteiger charge is 2.25. The molecule has 2 nitrogen and oxygen atoms in total. The monoisotopic (exact) mass is 198 g/mol. The van der Waals surface area contributed by atoms with Crippen molar-refractivity contribution in [3.05, 3.63) is 0 Å². The molecule has 1 aliphatic heterocycles. The van der Waals surface area contributed by atoms with Crippen molar-refractivity contribution < 1.29 is 0 Å². The number of nitrogens with one attached hydrogen (secondary N) is 1. The van der Waals surface area contributed by atoms with Crippen LogP contribution in [0.2, 0.25) is 0 Å². The molecular weight excluding hydrogens is 172 g/mol. The number of hydrogen-bond donors (Lipinski definition) is 1. The van der Waals surface area contributed by atoms with E-state index >= 15 is 0 Å². The summed E-state index contributed by atoms with van der Waals surface area (Å²) in [5.74, 6) is 0.886. The molecule has 0 aromatic rings. The van der Waals surface area contributed by atoms with Crippen LogP contribution in [0.3, 0.4) is 0 Å². The van der Waals surface area contributed by atoms with E-state index in [9.17, 15) is 0 Å². The lowest BCUT2D eigenvalue weighted by atomic mass is 9.96. The Morgan fingerprint density at radius 3 is 2.64 bits per heavy atom. The molecule has 2 heteroatoms. The first-order valence-corrected chi connectivity index (χ1v) is 5.94. The fraction of sp³-hybridized carbons (Fsp3) is 1.00. The molecule has 1 rings (SSSR count). The minimum atomic E-state index is 0.451. The third kappa shape index (κ3) is 4.43. The van der Waals surface area contributed by atoms with E-state index in [2.05, 4.69) is 37.9 Å². The van der Waals surface area contributed by atoms with E-state index in [0.717, 1.165) is 12.5 Å². The number of likely N-dealkylation sites (tertiary alicyclic amines) is 1. The molecule has 0 aliphatic carbocycles. The van der Waals surface area contributed by atoms with Crippen LogP contribution in [0.5, 0.6) is 0 Å². The molecule has 1 atom stereocenters. The highest BCUT2D eigenvalue weighted by Crippen LogP contribution is 2.21. The third-order valence-electron chi connectivity index (χ3n) is 2.75. The summed E-state index contributed by atoms with van der Waals surface area (Å²) >= 11 is 0. The van der Waals surface area contributed by atoms with Crippen molar-refractivity contribution in [1.82, 2.24) is 10.2 Å². The van der Waals surface area contributed by atoms with Crippen LogP contribution in [0, 0.1) is 11.3 Å². The van der Waals surface area contributed by atoms with E-state index in [1.165, 1.54) is 32.6 Å². The summed E-state index contributed by atoms with van der Waals surface area (Å²) in [6.45, 7) is 15.3. The number of hydrogen-bond acceptors (Lipinski definition) is 2. The average Bonchev–Trinajstić information content (AvgIpc) is 2.46. The first-order chi connectivity index (χ1) is 6.51. The fourth-order valence-corrected chi connectivity index (χ4v) is 2.24. The van der Waals surface area contributed by atoms with E-state index < -0.39 is 0 Å². The Kier molecular flexibility index (Phi) is 4.39. The Morgan fingerprint density at radius 2 is 2.07 bits per heavy atom. The summed E-state index contributed by atoms with van der Waals surface area (Å²) < 4.78 is 0. The van der Waals surface area contributed by atoms with Gasteiger partial charge in [-0.15, -0.1) is 0 Å². The van der Waals surface area contributed by atoms with Crippen molar-refractivity contribution in [2.45, 2.75) is 34.1 Å². The van der Waals surface area contributed by atoms with Gasteiger partial charge in [0.1, 0.15) is 0 Å². The van der Waals surface area contributed by atoms with Gasteiger partial charge < -0.3 is 10.2 Å². The van der Waals surface area contributed by atoms with Crippen LogP contribution in [-0.4, -0.2) is 37.6 Å². The zero-order valence-electron chi connectivity index (χ0n) is 10.3. The normalized spacial score (nSPS) is 24.4. The van der Waals surface area contributed by atoms with Gasteiger partial charge in [-0.1, -0.05) is 27.7 Å². The summed E-state index contributed by atoms with van der Waals surface area (Å²) in [6.07, 6.45) is 1.38. The van der Waals surface area contributed by atoms with Gasteiger partial charge in [-0.25, -0.2) is 0 Å². The molecule has 0 amide bonds. The van der Waals surface area contributed by atoms with E-state index in [-0.39, 0.29) is 0 Å². The summed E-state index contributed by atoms with van der Waals surface area (Å²) in [5, 5.41) is 3.45. The summed E-state index contributed by atoms with van der Waals surface area (Å²) in [6, 6.07) is 0. The third-order valence-corrected chi connectivity index (χ3v) is 2.75. The second kappa shape index (κ2) is 5.13. The molecule has 1 heterocycles. The Balaban J connectivity index is 2.20. The zero-order chi connectivity index (χ0) is 10.6. The predicted molar refractivity (Wildman–Crippen MR) is 62.5 cm³/mol. The molecule has 0 aromatic carbocycles. The number of nitrogens with zero attached hydrogens (tertiary/aromatic N) is 1. The number of rotatable bonds is 4. The maximum Gasteiger partial charge on any atom is 0.00302 e. The smallest absolute Gasteiger partial charge is 0.00302 e. The van der Waals surface area contributed by atoms with Gasteiger partial charge >= 0.3 is 0 Å². The summed E-state index contributed by atoms with van der Waals surface area (Å²) in [5.41, 5.74) is 0.451. The van der Waals surface area contributed by atoms with Crippen molar-refractivity contribution in [1.29, 1.82) is 0 Å². The maximum absolute atomic E-state index is 3.45. The Labute approximate surface area is 89.1 Å². The minimum Gasteiger partial charge on any atom is -0.317 e. The van der Waals surface area contributed by atoms with Crippen LogP contribution in [0.25, 0.3) is 0 Å².